The smallest absolute Gasteiger partial charge is 0.349 e. The Kier molecular flexibility index (Phi) is 4.06. The van der Waals surface area contributed by atoms with Crippen LogP contribution in [0, 0.1) is 6.92 Å². The van der Waals surface area contributed by atoms with Gasteiger partial charge in [0.2, 0.25) is 0 Å². The van der Waals surface area contributed by atoms with Crippen molar-refractivity contribution >= 4 is 5.91 Å². The van der Waals surface area contributed by atoms with Gasteiger partial charge in [0.25, 0.3) is 5.91 Å². The molecule has 6 nitrogen and oxygen atoms in total. The first kappa shape index (κ1) is 15.2. The second-order valence-corrected chi connectivity index (χ2v) is 6.34. The van der Waals surface area contributed by atoms with Crippen molar-refractivity contribution in [1.82, 2.24) is 5.32 Å². The van der Waals surface area contributed by atoms with Crippen LogP contribution in [0.1, 0.15) is 59.7 Å². The molecule has 3 atom stereocenters. The Hall–Kier alpha value is -1.66. The lowest BCUT2D eigenvalue weighted by Gasteiger charge is -2.24. The van der Waals surface area contributed by atoms with Gasteiger partial charge in [-0.05, 0) is 44.2 Å². The second kappa shape index (κ2) is 5.85. The maximum absolute atomic E-state index is 12.3. The molecular weight excluding hydrogens is 286 g/mol. The van der Waals surface area contributed by atoms with Crippen LogP contribution >= 0.6 is 0 Å². The molecule has 6 heteroatoms. The van der Waals surface area contributed by atoms with Crippen molar-refractivity contribution in [3.63, 3.8) is 0 Å². The van der Waals surface area contributed by atoms with Gasteiger partial charge in [-0.2, -0.15) is 0 Å². The Morgan fingerprint density at radius 2 is 2.00 bits per heavy atom. The number of carbonyl (C=O) groups excluding carboxylic acids is 1. The molecule has 2 aliphatic carbocycles. The SMILES string of the molecule is Cc1cc(C2CCC2)oc(=O)c1C(=O)N[C@@H]1CC[C@@H](O)[C@@H]1O. The van der Waals surface area contributed by atoms with Crippen LogP contribution < -0.4 is 10.9 Å². The minimum Gasteiger partial charge on any atom is -0.427 e. The predicted octanol–water partition coefficient (Wildman–Crippen LogP) is 0.830. The highest BCUT2D eigenvalue weighted by Crippen LogP contribution is 2.36. The summed E-state index contributed by atoms with van der Waals surface area (Å²) in [5.41, 5.74) is -0.0622. The summed E-state index contributed by atoms with van der Waals surface area (Å²) < 4.78 is 5.30. The maximum Gasteiger partial charge on any atom is 0.349 e. The standard InChI is InChI=1S/C16H21NO5/c1-8-7-12(9-3-2-4-9)22-16(21)13(8)15(20)17-10-5-6-11(18)14(10)19/h7,9-11,14,18-19H,2-6H2,1H3,(H,17,20)/t10-,11-,14-/m1/s1. The van der Waals surface area contributed by atoms with Crippen molar-refractivity contribution in [1.29, 1.82) is 0 Å². The highest BCUT2D eigenvalue weighted by molar-refractivity contribution is 5.95. The van der Waals surface area contributed by atoms with Crippen molar-refractivity contribution < 1.29 is 19.4 Å². The number of amides is 1. The van der Waals surface area contributed by atoms with Crippen LogP contribution in [-0.4, -0.2) is 34.4 Å². The molecule has 2 saturated carbocycles. The van der Waals surface area contributed by atoms with Gasteiger partial charge in [0.05, 0.1) is 12.1 Å². The molecular formula is C16H21NO5. The van der Waals surface area contributed by atoms with E-state index >= 15 is 0 Å². The van der Waals surface area contributed by atoms with Crippen LogP contribution in [0.25, 0.3) is 0 Å². The van der Waals surface area contributed by atoms with Crippen LogP contribution in [0.3, 0.4) is 0 Å². The molecule has 1 amide bonds. The normalized spacial score (nSPS) is 28.4. The number of nitrogens with one attached hydrogen (secondary N) is 1. The van der Waals surface area contributed by atoms with E-state index in [-0.39, 0.29) is 11.5 Å². The van der Waals surface area contributed by atoms with Crippen LogP contribution in [-0.2, 0) is 0 Å². The van der Waals surface area contributed by atoms with E-state index < -0.39 is 29.8 Å². The molecule has 120 valence electrons. The van der Waals surface area contributed by atoms with E-state index in [1.54, 1.807) is 13.0 Å². The average Bonchev–Trinajstić information content (AvgIpc) is 2.68. The van der Waals surface area contributed by atoms with Gasteiger partial charge in [0.1, 0.15) is 17.4 Å². The van der Waals surface area contributed by atoms with Crippen LogP contribution in [0.2, 0.25) is 0 Å². The summed E-state index contributed by atoms with van der Waals surface area (Å²) in [4.78, 5) is 24.4. The summed E-state index contributed by atoms with van der Waals surface area (Å²) in [6.45, 7) is 1.72. The minimum atomic E-state index is -0.995. The van der Waals surface area contributed by atoms with E-state index in [1.165, 1.54) is 0 Å². The fourth-order valence-electron chi connectivity index (χ4n) is 3.16. The Labute approximate surface area is 128 Å². The topological polar surface area (TPSA) is 99.8 Å². The zero-order chi connectivity index (χ0) is 15.9. The zero-order valence-corrected chi connectivity index (χ0v) is 12.5. The number of hydrogen-bond donors (Lipinski definition) is 3. The number of aryl methyl sites for hydroxylation is 1. The molecule has 1 aromatic heterocycles. The van der Waals surface area contributed by atoms with Crippen molar-refractivity contribution in [2.24, 2.45) is 0 Å². The van der Waals surface area contributed by atoms with E-state index in [1.807, 2.05) is 0 Å². The van der Waals surface area contributed by atoms with Gasteiger partial charge in [-0.15, -0.1) is 0 Å². The van der Waals surface area contributed by atoms with Crippen LogP contribution in [0.4, 0.5) is 0 Å². The second-order valence-electron chi connectivity index (χ2n) is 6.34. The van der Waals surface area contributed by atoms with E-state index in [0.29, 0.717) is 24.2 Å². The lowest BCUT2D eigenvalue weighted by Crippen LogP contribution is -2.44. The highest BCUT2D eigenvalue weighted by Gasteiger charge is 2.35. The van der Waals surface area contributed by atoms with Gasteiger partial charge >= 0.3 is 5.63 Å². The molecule has 3 N–H and O–H groups in total. The van der Waals surface area contributed by atoms with Crippen molar-refractivity contribution in [3.05, 3.63) is 33.4 Å². The first-order valence-electron chi connectivity index (χ1n) is 7.79. The molecule has 0 spiro atoms. The first-order chi connectivity index (χ1) is 10.5. The zero-order valence-electron chi connectivity index (χ0n) is 12.5. The molecule has 0 unspecified atom stereocenters. The molecule has 2 aliphatic rings. The molecule has 22 heavy (non-hydrogen) atoms. The molecule has 1 heterocycles. The van der Waals surface area contributed by atoms with E-state index in [2.05, 4.69) is 5.32 Å². The number of aliphatic hydroxyl groups is 2. The predicted molar refractivity (Wildman–Crippen MR) is 78.8 cm³/mol. The third-order valence-electron chi connectivity index (χ3n) is 4.80. The Bertz CT molecular complexity index is 634. The lowest BCUT2D eigenvalue weighted by atomic mass is 9.83. The first-order valence-corrected chi connectivity index (χ1v) is 7.79. The molecule has 0 radical (unpaired) electrons. The van der Waals surface area contributed by atoms with Gasteiger partial charge in [-0.1, -0.05) is 6.42 Å². The number of carbonyl (C=O) groups is 1. The summed E-state index contributed by atoms with van der Waals surface area (Å²) in [5, 5.41) is 21.9. The summed E-state index contributed by atoms with van der Waals surface area (Å²) >= 11 is 0. The summed E-state index contributed by atoms with van der Waals surface area (Å²) in [5.74, 6) is 0.390. The molecule has 0 saturated heterocycles. The van der Waals surface area contributed by atoms with Gasteiger partial charge in [-0.25, -0.2) is 4.79 Å². The molecule has 3 rings (SSSR count). The monoisotopic (exact) mass is 307 g/mol. The summed E-state index contributed by atoms with van der Waals surface area (Å²) in [7, 11) is 0. The number of rotatable bonds is 3. The van der Waals surface area contributed by atoms with E-state index in [9.17, 15) is 19.8 Å². The fourth-order valence-corrected chi connectivity index (χ4v) is 3.16. The number of hydrogen-bond acceptors (Lipinski definition) is 5. The third kappa shape index (κ3) is 2.68. The molecule has 1 aromatic rings. The largest absolute Gasteiger partial charge is 0.427 e. The van der Waals surface area contributed by atoms with Crippen molar-refractivity contribution in [3.8, 4) is 0 Å². The number of aliphatic hydroxyl groups excluding tert-OH is 2. The van der Waals surface area contributed by atoms with Gasteiger partial charge < -0.3 is 19.9 Å². The molecule has 0 bridgehead atoms. The lowest BCUT2D eigenvalue weighted by molar-refractivity contribution is 0.0296. The fraction of sp³-hybridized carbons (Fsp3) is 0.625. The van der Waals surface area contributed by atoms with Crippen molar-refractivity contribution in [2.45, 2.75) is 63.2 Å². The summed E-state index contributed by atoms with van der Waals surface area (Å²) in [6, 6.07) is 1.23. The summed E-state index contributed by atoms with van der Waals surface area (Å²) in [6.07, 6.45) is 2.26. The van der Waals surface area contributed by atoms with Gasteiger partial charge in [0.15, 0.2) is 0 Å². The third-order valence-corrected chi connectivity index (χ3v) is 4.80. The van der Waals surface area contributed by atoms with E-state index in [0.717, 1.165) is 19.3 Å². The maximum atomic E-state index is 12.3. The van der Waals surface area contributed by atoms with Crippen LogP contribution in [0.15, 0.2) is 15.3 Å². The minimum absolute atomic E-state index is 0.0170. The Morgan fingerprint density at radius 1 is 1.27 bits per heavy atom. The molecule has 2 fully saturated rings. The van der Waals surface area contributed by atoms with Gasteiger partial charge in [0, 0.05) is 5.92 Å². The highest BCUT2D eigenvalue weighted by atomic mass is 16.4. The van der Waals surface area contributed by atoms with E-state index in [4.69, 9.17) is 4.42 Å². The van der Waals surface area contributed by atoms with Crippen molar-refractivity contribution in [2.75, 3.05) is 0 Å². The Morgan fingerprint density at radius 3 is 2.50 bits per heavy atom. The quantitative estimate of drug-likeness (QED) is 0.768. The van der Waals surface area contributed by atoms with Crippen LogP contribution in [0.5, 0.6) is 0 Å². The van der Waals surface area contributed by atoms with Gasteiger partial charge in [-0.3, -0.25) is 4.79 Å². The molecule has 0 aromatic carbocycles. The molecule has 0 aliphatic heterocycles. The average molecular weight is 307 g/mol. The Balaban J connectivity index is 1.79.